The minimum Gasteiger partial charge on any atom is -0.314 e. The number of hydrogen-bond donors (Lipinski definition) is 1. The van der Waals surface area contributed by atoms with Crippen molar-refractivity contribution >= 4 is 11.8 Å². The highest BCUT2D eigenvalue weighted by atomic mass is 32.2. The van der Waals surface area contributed by atoms with Gasteiger partial charge in [0.1, 0.15) is 0 Å². The Balaban J connectivity index is 1.77. The Morgan fingerprint density at radius 1 is 1.33 bits per heavy atom. The second kappa shape index (κ2) is 5.87. The molecule has 0 aliphatic heterocycles. The predicted molar refractivity (Wildman–Crippen MR) is 57.8 cm³/mol. The van der Waals surface area contributed by atoms with E-state index in [1.54, 1.807) is 0 Å². The van der Waals surface area contributed by atoms with Crippen LogP contribution in [-0.2, 0) is 0 Å². The molecule has 12 heavy (non-hydrogen) atoms. The van der Waals surface area contributed by atoms with Gasteiger partial charge in [0.25, 0.3) is 0 Å². The second-order valence-electron chi connectivity index (χ2n) is 3.93. The smallest absolute Gasteiger partial charge is 0.00721 e. The molecular formula is C10H21NS. The molecule has 1 rings (SSSR count). The molecule has 0 heterocycles. The highest BCUT2D eigenvalue weighted by Gasteiger charge is 2.23. The first kappa shape index (κ1) is 10.4. The first-order chi connectivity index (χ1) is 5.83. The zero-order chi connectivity index (χ0) is 8.81. The van der Waals surface area contributed by atoms with Crippen molar-refractivity contribution in [3.8, 4) is 0 Å². The highest BCUT2D eigenvalue weighted by Crippen LogP contribution is 2.25. The summed E-state index contributed by atoms with van der Waals surface area (Å²) in [6.07, 6.45) is 7.72. The molecule has 0 aromatic rings. The summed E-state index contributed by atoms with van der Waals surface area (Å²) in [5.41, 5.74) is 0. The molecule has 0 atom stereocenters. The van der Waals surface area contributed by atoms with Crippen molar-refractivity contribution < 1.29 is 0 Å². The maximum absolute atomic E-state index is 3.60. The van der Waals surface area contributed by atoms with E-state index in [1.807, 2.05) is 11.8 Å². The molecule has 2 heteroatoms. The fourth-order valence-corrected chi connectivity index (χ4v) is 2.24. The van der Waals surface area contributed by atoms with Crippen molar-refractivity contribution in [2.24, 2.45) is 5.92 Å². The quantitative estimate of drug-likeness (QED) is 0.641. The molecule has 1 fully saturated rings. The Morgan fingerprint density at radius 2 is 2.08 bits per heavy atom. The van der Waals surface area contributed by atoms with Crippen molar-refractivity contribution in [1.29, 1.82) is 0 Å². The molecule has 1 nitrogen and oxygen atoms in total. The molecule has 1 aliphatic rings. The molecule has 0 bridgehead atoms. The second-order valence-corrected chi connectivity index (χ2v) is 4.91. The van der Waals surface area contributed by atoms with Gasteiger partial charge in [-0.1, -0.05) is 6.92 Å². The minimum absolute atomic E-state index is 0.856. The number of hydrogen-bond acceptors (Lipinski definition) is 2. The van der Waals surface area contributed by atoms with Gasteiger partial charge >= 0.3 is 0 Å². The topological polar surface area (TPSA) is 12.0 Å². The Morgan fingerprint density at radius 3 is 2.67 bits per heavy atom. The number of nitrogens with one attached hydrogen (secondary N) is 1. The highest BCUT2D eigenvalue weighted by molar-refractivity contribution is 7.98. The summed E-state index contributed by atoms with van der Waals surface area (Å²) in [4.78, 5) is 0. The molecule has 0 spiro atoms. The van der Waals surface area contributed by atoms with Crippen LogP contribution in [-0.4, -0.2) is 24.6 Å². The first-order valence-corrected chi connectivity index (χ1v) is 6.44. The van der Waals surface area contributed by atoms with Gasteiger partial charge in [0.15, 0.2) is 0 Å². The van der Waals surface area contributed by atoms with E-state index in [0.717, 1.165) is 12.0 Å². The summed E-state index contributed by atoms with van der Waals surface area (Å²) >= 11 is 1.95. The summed E-state index contributed by atoms with van der Waals surface area (Å²) in [6, 6.07) is 0.856. The summed E-state index contributed by atoms with van der Waals surface area (Å²) in [5, 5.41) is 3.60. The van der Waals surface area contributed by atoms with E-state index < -0.39 is 0 Å². The van der Waals surface area contributed by atoms with Crippen LogP contribution >= 0.6 is 11.8 Å². The van der Waals surface area contributed by atoms with Crippen LogP contribution in [0, 0.1) is 5.92 Å². The summed E-state index contributed by atoms with van der Waals surface area (Å²) < 4.78 is 0. The molecule has 72 valence electrons. The fraction of sp³-hybridized carbons (Fsp3) is 1.00. The summed E-state index contributed by atoms with van der Waals surface area (Å²) in [5.74, 6) is 2.30. The van der Waals surface area contributed by atoms with E-state index in [9.17, 15) is 0 Å². The van der Waals surface area contributed by atoms with Crippen molar-refractivity contribution in [3.63, 3.8) is 0 Å². The van der Waals surface area contributed by atoms with Gasteiger partial charge in [-0.3, -0.25) is 0 Å². The summed E-state index contributed by atoms with van der Waals surface area (Å²) in [7, 11) is 0. The van der Waals surface area contributed by atoms with E-state index in [4.69, 9.17) is 0 Å². The average Bonchev–Trinajstić information content (AvgIpc) is 2.00. The molecule has 0 amide bonds. The predicted octanol–water partition coefficient (Wildman–Crippen LogP) is 2.52. The van der Waals surface area contributed by atoms with Gasteiger partial charge in [-0.2, -0.15) is 11.8 Å². The van der Waals surface area contributed by atoms with Crippen molar-refractivity contribution in [1.82, 2.24) is 5.32 Å². The molecule has 0 saturated heterocycles. The third kappa shape index (κ3) is 3.81. The zero-order valence-corrected chi connectivity index (χ0v) is 9.12. The minimum atomic E-state index is 0.856. The normalized spacial score (nSPS) is 28.5. The maximum Gasteiger partial charge on any atom is 0.00721 e. The first-order valence-electron chi connectivity index (χ1n) is 5.05. The molecule has 0 aromatic heterocycles. The van der Waals surface area contributed by atoms with Crippen LogP contribution in [0.5, 0.6) is 0 Å². The van der Waals surface area contributed by atoms with Gasteiger partial charge in [0.05, 0.1) is 0 Å². The zero-order valence-electron chi connectivity index (χ0n) is 8.31. The van der Waals surface area contributed by atoms with Gasteiger partial charge in [-0.15, -0.1) is 0 Å². The van der Waals surface area contributed by atoms with E-state index in [0.29, 0.717) is 0 Å². The lowest BCUT2D eigenvalue weighted by Crippen LogP contribution is -2.40. The Bertz CT molecular complexity index is 110. The maximum atomic E-state index is 3.60. The Labute approximate surface area is 80.7 Å². The van der Waals surface area contributed by atoms with Crippen LogP contribution in [0.15, 0.2) is 0 Å². The summed E-state index contributed by atoms with van der Waals surface area (Å²) in [6.45, 7) is 3.57. The van der Waals surface area contributed by atoms with E-state index >= 15 is 0 Å². The lowest BCUT2D eigenvalue weighted by Gasteiger charge is -2.33. The van der Waals surface area contributed by atoms with E-state index in [1.165, 1.54) is 38.0 Å². The van der Waals surface area contributed by atoms with Crippen molar-refractivity contribution in [2.45, 2.75) is 38.6 Å². The van der Waals surface area contributed by atoms with Gasteiger partial charge in [0.2, 0.25) is 0 Å². The third-order valence-electron chi connectivity index (χ3n) is 2.58. The van der Waals surface area contributed by atoms with Crippen molar-refractivity contribution in [2.75, 3.05) is 18.6 Å². The van der Waals surface area contributed by atoms with E-state index in [2.05, 4.69) is 18.5 Å². The lowest BCUT2D eigenvalue weighted by molar-refractivity contribution is 0.241. The molecule has 0 unspecified atom stereocenters. The van der Waals surface area contributed by atoms with Crippen molar-refractivity contribution in [3.05, 3.63) is 0 Å². The molecule has 1 aliphatic carbocycles. The SMILES string of the molecule is CSCCCCNC1CC(C)C1. The van der Waals surface area contributed by atoms with Crippen LogP contribution in [0.4, 0.5) is 0 Å². The van der Waals surface area contributed by atoms with E-state index in [-0.39, 0.29) is 0 Å². The molecule has 0 aromatic carbocycles. The monoisotopic (exact) mass is 187 g/mol. The standard InChI is InChI=1S/C10H21NS/c1-9-7-10(8-9)11-5-3-4-6-12-2/h9-11H,3-8H2,1-2H3. The lowest BCUT2D eigenvalue weighted by atomic mass is 9.82. The molecule has 0 radical (unpaired) electrons. The number of unbranched alkanes of at least 4 members (excludes halogenated alkanes) is 1. The fourth-order valence-electron chi connectivity index (χ4n) is 1.75. The van der Waals surface area contributed by atoms with Crippen LogP contribution < -0.4 is 5.32 Å². The van der Waals surface area contributed by atoms with Crippen LogP contribution in [0.1, 0.15) is 32.6 Å². The van der Waals surface area contributed by atoms with Crippen LogP contribution in [0.3, 0.4) is 0 Å². The number of thioether (sulfide) groups is 1. The number of rotatable bonds is 6. The Kier molecular flexibility index (Phi) is 5.08. The van der Waals surface area contributed by atoms with Gasteiger partial charge in [-0.25, -0.2) is 0 Å². The van der Waals surface area contributed by atoms with Crippen LogP contribution in [0.25, 0.3) is 0 Å². The van der Waals surface area contributed by atoms with Gasteiger partial charge in [0, 0.05) is 6.04 Å². The van der Waals surface area contributed by atoms with Gasteiger partial charge < -0.3 is 5.32 Å². The molecule has 1 N–H and O–H groups in total. The third-order valence-corrected chi connectivity index (χ3v) is 3.28. The van der Waals surface area contributed by atoms with Crippen LogP contribution in [0.2, 0.25) is 0 Å². The molecule has 1 saturated carbocycles. The average molecular weight is 187 g/mol. The largest absolute Gasteiger partial charge is 0.314 e. The molecular weight excluding hydrogens is 166 g/mol. The van der Waals surface area contributed by atoms with Gasteiger partial charge in [-0.05, 0) is 50.2 Å². The Hall–Kier alpha value is 0.310.